The van der Waals surface area contributed by atoms with Crippen LogP contribution in [0.25, 0.3) is 5.69 Å². The van der Waals surface area contributed by atoms with E-state index >= 15 is 0 Å². The van der Waals surface area contributed by atoms with E-state index in [0.717, 1.165) is 30.5 Å². The Balaban J connectivity index is 1.44. The van der Waals surface area contributed by atoms with Gasteiger partial charge in [0.25, 0.3) is 5.91 Å². The number of para-hydroxylation sites is 1. The van der Waals surface area contributed by atoms with Crippen molar-refractivity contribution >= 4 is 11.9 Å². The third-order valence-corrected chi connectivity index (χ3v) is 5.79. The fourth-order valence-corrected chi connectivity index (χ4v) is 4.13. The molecule has 2 aliphatic rings. The van der Waals surface area contributed by atoms with E-state index in [-0.39, 0.29) is 12.5 Å². The molecular formula is C21H20N6O2. The van der Waals surface area contributed by atoms with Gasteiger partial charge in [-0.1, -0.05) is 36.4 Å². The first-order chi connectivity index (χ1) is 14.1. The highest BCUT2D eigenvalue weighted by atomic mass is 16.2. The summed E-state index contributed by atoms with van der Waals surface area (Å²) >= 11 is 0. The summed E-state index contributed by atoms with van der Waals surface area (Å²) in [5.41, 5.74) is 3.06. The minimum Gasteiger partial charge on any atom is -0.319 e. The average Bonchev–Trinajstić information content (AvgIpc) is 3.44. The first-order valence-corrected chi connectivity index (χ1v) is 9.65. The molecule has 0 bridgehead atoms. The van der Waals surface area contributed by atoms with Crippen LogP contribution in [0.15, 0.2) is 48.5 Å². The van der Waals surface area contributed by atoms with E-state index in [1.165, 1.54) is 20.7 Å². The Hall–Kier alpha value is -3.55. The number of nitrogens with zero attached hydrogens (tertiary/aromatic N) is 5. The van der Waals surface area contributed by atoms with Gasteiger partial charge in [-0.3, -0.25) is 9.69 Å². The molecule has 0 radical (unpaired) electrons. The van der Waals surface area contributed by atoms with Crippen LogP contribution >= 0.6 is 0 Å². The zero-order chi connectivity index (χ0) is 20.0. The molecule has 5 rings (SSSR count). The van der Waals surface area contributed by atoms with Gasteiger partial charge in [-0.05, 0) is 65.4 Å². The van der Waals surface area contributed by atoms with E-state index in [1.807, 2.05) is 36.4 Å². The number of urea groups is 1. The number of aryl methyl sites for hydroxylation is 2. The standard InChI is InChI=1S/C21H20N6O2/c1-21(16-11-10-14-6-5-7-15(14)12-16)19(28)26(20(29)22-21)13-18-23-24-25-27(18)17-8-3-2-4-9-17/h2-4,8-12H,5-7,13H2,1H3,(H,22,29). The number of amides is 3. The van der Waals surface area contributed by atoms with Crippen LogP contribution in [0.1, 0.15) is 35.9 Å². The second-order valence-electron chi connectivity index (χ2n) is 7.63. The number of carbonyl (C=O) groups is 2. The van der Waals surface area contributed by atoms with Gasteiger partial charge < -0.3 is 5.32 Å². The lowest BCUT2D eigenvalue weighted by atomic mass is 9.89. The first kappa shape index (κ1) is 17.5. The maximum absolute atomic E-state index is 13.3. The highest BCUT2D eigenvalue weighted by Gasteiger charge is 2.49. The van der Waals surface area contributed by atoms with Crippen molar-refractivity contribution in [1.29, 1.82) is 0 Å². The Kier molecular flexibility index (Phi) is 3.94. The summed E-state index contributed by atoms with van der Waals surface area (Å²) in [5.74, 6) is 0.112. The van der Waals surface area contributed by atoms with Crippen molar-refractivity contribution in [2.24, 2.45) is 0 Å². The van der Waals surface area contributed by atoms with Gasteiger partial charge in [0.2, 0.25) is 0 Å². The number of benzene rings is 2. The zero-order valence-corrected chi connectivity index (χ0v) is 16.0. The number of aromatic nitrogens is 4. The summed E-state index contributed by atoms with van der Waals surface area (Å²) in [6, 6.07) is 15.0. The Bertz CT molecular complexity index is 1110. The fourth-order valence-electron chi connectivity index (χ4n) is 4.13. The number of carbonyl (C=O) groups excluding carboxylic acids is 2. The molecule has 3 amide bonds. The van der Waals surface area contributed by atoms with Crippen molar-refractivity contribution in [2.45, 2.75) is 38.3 Å². The molecule has 1 aromatic heterocycles. The number of imide groups is 1. The Morgan fingerprint density at radius 3 is 2.69 bits per heavy atom. The van der Waals surface area contributed by atoms with Crippen LogP contribution in [-0.4, -0.2) is 37.0 Å². The lowest BCUT2D eigenvalue weighted by Crippen LogP contribution is -2.41. The number of fused-ring (bicyclic) bond motifs is 1. The third-order valence-electron chi connectivity index (χ3n) is 5.79. The maximum Gasteiger partial charge on any atom is 0.325 e. The summed E-state index contributed by atoms with van der Waals surface area (Å²) in [5, 5.41) is 14.6. The molecule has 29 heavy (non-hydrogen) atoms. The number of rotatable bonds is 4. The normalized spacial score (nSPS) is 20.8. The molecule has 1 aliphatic heterocycles. The summed E-state index contributed by atoms with van der Waals surface area (Å²) < 4.78 is 1.53. The van der Waals surface area contributed by atoms with Crippen molar-refractivity contribution in [3.05, 3.63) is 71.0 Å². The van der Waals surface area contributed by atoms with Crippen LogP contribution in [0.5, 0.6) is 0 Å². The number of hydrogen-bond acceptors (Lipinski definition) is 5. The second-order valence-corrected chi connectivity index (χ2v) is 7.63. The van der Waals surface area contributed by atoms with Crippen LogP contribution in [-0.2, 0) is 29.7 Å². The van der Waals surface area contributed by atoms with Gasteiger partial charge in [0.05, 0.1) is 12.2 Å². The smallest absolute Gasteiger partial charge is 0.319 e. The average molecular weight is 388 g/mol. The molecule has 8 nitrogen and oxygen atoms in total. The minimum absolute atomic E-state index is 0.00685. The van der Waals surface area contributed by atoms with Gasteiger partial charge in [0, 0.05) is 0 Å². The predicted octanol–water partition coefficient (Wildman–Crippen LogP) is 2.12. The molecule has 1 N–H and O–H groups in total. The molecule has 0 saturated carbocycles. The van der Waals surface area contributed by atoms with Crippen molar-refractivity contribution in [1.82, 2.24) is 30.4 Å². The zero-order valence-electron chi connectivity index (χ0n) is 16.0. The fraction of sp³-hybridized carbons (Fsp3) is 0.286. The maximum atomic E-state index is 13.3. The molecule has 146 valence electrons. The first-order valence-electron chi connectivity index (χ1n) is 9.65. The van der Waals surface area contributed by atoms with E-state index in [4.69, 9.17) is 0 Å². The van der Waals surface area contributed by atoms with E-state index in [9.17, 15) is 9.59 Å². The molecule has 1 fully saturated rings. The van der Waals surface area contributed by atoms with Gasteiger partial charge in [-0.25, -0.2) is 4.79 Å². The third kappa shape index (κ3) is 2.79. The summed E-state index contributed by atoms with van der Waals surface area (Å²) in [7, 11) is 0. The summed E-state index contributed by atoms with van der Waals surface area (Å²) in [6.45, 7) is 1.75. The van der Waals surface area contributed by atoms with Crippen molar-refractivity contribution in [3.8, 4) is 5.69 Å². The molecule has 1 aliphatic carbocycles. The van der Waals surface area contributed by atoms with Crippen LogP contribution in [0.3, 0.4) is 0 Å². The number of hydrogen-bond donors (Lipinski definition) is 1. The molecule has 1 saturated heterocycles. The summed E-state index contributed by atoms with van der Waals surface area (Å²) in [6.07, 6.45) is 3.21. The molecule has 1 atom stereocenters. The Labute approximate surface area is 167 Å². The minimum atomic E-state index is -1.10. The highest BCUT2D eigenvalue weighted by Crippen LogP contribution is 2.33. The molecule has 8 heteroatoms. The monoisotopic (exact) mass is 388 g/mol. The molecule has 3 aromatic rings. The topological polar surface area (TPSA) is 93.0 Å². The molecule has 2 heterocycles. The van der Waals surface area contributed by atoms with E-state index in [2.05, 4.69) is 33.0 Å². The van der Waals surface area contributed by atoms with Gasteiger partial charge >= 0.3 is 6.03 Å². The van der Waals surface area contributed by atoms with Crippen LogP contribution in [0.4, 0.5) is 4.79 Å². The molecule has 1 unspecified atom stereocenters. The lowest BCUT2D eigenvalue weighted by molar-refractivity contribution is -0.131. The van der Waals surface area contributed by atoms with Crippen LogP contribution in [0.2, 0.25) is 0 Å². The molecule has 0 spiro atoms. The van der Waals surface area contributed by atoms with Crippen LogP contribution < -0.4 is 5.32 Å². The lowest BCUT2D eigenvalue weighted by Gasteiger charge is -2.23. The van der Waals surface area contributed by atoms with Crippen molar-refractivity contribution < 1.29 is 9.59 Å². The Morgan fingerprint density at radius 2 is 1.86 bits per heavy atom. The van der Waals surface area contributed by atoms with Gasteiger partial charge in [-0.15, -0.1) is 5.10 Å². The largest absolute Gasteiger partial charge is 0.325 e. The Morgan fingerprint density at radius 1 is 1.07 bits per heavy atom. The second kappa shape index (κ2) is 6.51. The predicted molar refractivity (Wildman–Crippen MR) is 104 cm³/mol. The number of nitrogens with one attached hydrogen (secondary N) is 1. The van der Waals surface area contributed by atoms with Gasteiger partial charge in [-0.2, -0.15) is 4.68 Å². The van der Waals surface area contributed by atoms with E-state index in [1.54, 1.807) is 6.92 Å². The van der Waals surface area contributed by atoms with Crippen molar-refractivity contribution in [3.63, 3.8) is 0 Å². The number of tetrazole rings is 1. The van der Waals surface area contributed by atoms with E-state index < -0.39 is 11.6 Å². The van der Waals surface area contributed by atoms with Crippen molar-refractivity contribution in [2.75, 3.05) is 0 Å². The van der Waals surface area contributed by atoms with E-state index in [0.29, 0.717) is 5.82 Å². The summed E-state index contributed by atoms with van der Waals surface area (Å²) in [4.78, 5) is 27.2. The van der Waals surface area contributed by atoms with Crippen LogP contribution in [0, 0.1) is 0 Å². The molecular weight excluding hydrogens is 368 g/mol. The highest BCUT2D eigenvalue weighted by molar-refractivity contribution is 6.07. The van der Waals surface area contributed by atoms with Gasteiger partial charge in [0.15, 0.2) is 5.82 Å². The SMILES string of the molecule is CC1(c2ccc3c(c2)CCC3)NC(=O)N(Cc2nnnn2-c2ccccc2)C1=O. The molecule has 2 aromatic carbocycles. The quantitative estimate of drug-likeness (QED) is 0.691. The van der Waals surface area contributed by atoms with Gasteiger partial charge in [0.1, 0.15) is 5.54 Å².